The van der Waals surface area contributed by atoms with Crippen LogP contribution in [0.3, 0.4) is 0 Å². The number of carbonyl (C=O) groups excluding carboxylic acids is 1. The zero-order chi connectivity index (χ0) is 10.8. The molecule has 0 saturated heterocycles. The second kappa shape index (κ2) is 4.12. The van der Waals surface area contributed by atoms with E-state index in [4.69, 9.17) is 0 Å². The summed E-state index contributed by atoms with van der Waals surface area (Å²) in [6, 6.07) is 7.51. The maximum absolute atomic E-state index is 10.5. The Morgan fingerprint density at radius 3 is 2.53 bits per heavy atom. The van der Waals surface area contributed by atoms with Gasteiger partial charge < -0.3 is 9.90 Å². The van der Waals surface area contributed by atoms with Crippen molar-refractivity contribution in [2.75, 3.05) is 0 Å². The van der Waals surface area contributed by atoms with E-state index in [1.807, 2.05) is 24.3 Å². The fourth-order valence-corrected chi connectivity index (χ4v) is 2.04. The Morgan fingerprint density at radius 1 is 1.33 bits per heavy atom. The van der Waals surface area contributed by atoms with Crippen molar-refractivity contribution >= 4 is 33.2 Å². The van der Waals surface area contributed by atoms with Crippen LogP contribution in [-0.2, 0) is 0 Å². The molecular formula is C10H5BrNO2S-. The average molecular weight is 283 g/mol. The van der Waals surface area contributed by atoms with Gasteiger partial charge in [0.1, 0.15) is 11.0 Å². The third-order valence-electron chi connectivity index (χ3n) is 1.82. The molecule has 0 aliphatic carbocycles. The summed E-state index contributed by atoms with van der Waals surface area (Å²) in [5, 5.41) is 12.2. The minimum absolute atomic E-state index is 0.00733. The molecule has 0 N–H and O–H groups in total. The Hall–Kier alpha value is -1.20. The standard InChI is InChI=1S/C10H6BrNO2S/c11-7-3-1-6(2-4-7)8-5-15-9(12-8)10(13)14/h1-5H,(H,13,14)/p-1. The summed E-state index contributed by atoms with van der Waals surface area (Å²) < 4.78 is 0.974. The molecule has 3 nitrogen and oxygen atoms in total. The number of carboxylic acids is 1. The van der Waals surface area contributed by atoms with Crippen LogP contribution < -0.4 is 5.11 Å². The van der Waals surface area contributed by atoms with Crippen LogP contribution >= 0.6 is 27.3 Å². The minimum Gasteiger partial charge on any atom is -0.542 e. The van der Waals surface area contributed by atoms with E-state index >= 15 is 0 Å². The van der Waals surface area contributed by atoms with E-state index in [0.717, 1.165) is 21.4 Å². The van der Waals surface area contributed by atoms with Gasteiger partial charge in [0, 0.05) is 15.4 Å². The van der Waals surface area contributed by atoms with Crippen LogP contribution in [0.15, 0.2) is 34.1 Å². The molecule has 15 heavy (non-hydrogen) atoms. The van der Waals surface area contributed by atoms with Crippen molar-refractivity contribution in [3.8, 4) is 11.3 Å². The molecule has 0 saturated carbocycles. The number of carboxylic acid groups (broad SMARTS) is 1. The van der Waals surface area contributed by atoms with E-state index in [-0.39, 0.29) is 5.01 Å². The molecule has 0 radical (unpaired) electrons. The Morgan fingerprint density at radius 2 is 2.00 bits per heavy atom. The van der Waals surface area contributed by atoms with E-state index in [1.165, 1.54) is 0 Å². The first-order chi connectivity index (χ1) is 7.16. The minimum atomic E-state index is -1.23. The number of hydrogen-bond donors (Lipinski definition) is 0. The first-order valence-electron chi connectivity index (χ1n) is 4.09. The highest BCUT2D eigenvalue weighted by molar-refractivity contribution is 9.10. The normalized spacial score (nSPS) is 10.2. The van der Waals surface area contributed by atoms with Gasteiger partial charge in [-0.2, -0.15) is 0 Å². The largest absolute Gasteiger partial charge is 0.542 e. The van der Waals surface area contributed by atoms with Crippen molar-refractivity contribution in [2.24, 2.45) is 0 Å². The van der Waals surface area contributed by atoms with Gasteiger partial charge in [-0.05, 0) is 12.1 Å². The molecule has 1 heterocycles. The Labute approximate surface area is 98.5 Å². The van der Waals surface area contributed by atoms with Gasteiger partial charge in [0.05, 0.1) is 5.69 Å². The lowest BCUT2D eigenvalue weighted by Crippen LogP contribution is -2.21. The summed E-state index contributed by atoms with van der Waals surface area (Å²) in [7, 11) is 0. The van der Waals surface area contributed by atoms with Crippen LogP contribution in [0.4, 0.5) is 0 Å². The predicted molar refractivity (Wildman–Crippen MR) is 59.6 cm³/mol. The van der Waals surface area contributed by atoms with Crippen molar-refractivity contribution in [3.05, 3.63) is 39.1 Å². The number of nitrogens with zero attached hydrogens (tertiary/aromatic N) is 1. The van der Waals surface area contributed by atoms with Crippen LogP contribution in [0.5, 0.6) is 0 Å². The predicted octanol–water partition coefficient (Wildman–Crippen LogP) is 1.94. The van der Waals surface area contributed by atoms with Gasteiger partial charge >= 0.3 is 0 Å². The molecule has 0 unspecified atom stereocenters. The number of halogens is 1. The first kappa shape index (κ1) is 10.3. The Kier molecular flexibility index (Phi) is 2.83. The first-order valence-corrected chi connectivity index (χ1v) is 5.77. The second-order valence-corrected chi connectivity index (χ2v) is 4.61. The number of aromatic nitrogens is 1. The summed E-state index contributed by atoms with van der Waals surface area (Å²) in [4.78, 5) is 14.5. The van der Waals surface area contributed by atoms with Crippen molar-refractivity contribution in [1.29, 1.82) is 0 Å². The number of thiazole rings is 1. The molecule has 2 aromatic rings. The highest BCUT2D eigenvalue weighted by Crippen LogP contribution is 2.23. The third kappa shape index (κ3) is 2.24. The SMILES string of the molecule is O=C([O-])c1nc(-c2ccc(Br)cc2)cs1. The van der Waals surface area contributed by atoms with Crippen molar-refractivity contribution in [2.45, 2.75) is 0 Å². The smallest absolute Gasteiger partial charge is 0.139 e. The van der Waals surface area contributed by atoms with E-state index in [9.17, 15) is 9.90 Å². The molecule has 0 aliphatic rings. The van der Waals surface area contributed by atoms with Crippen LogP contribution in [0.2, 0.25) is 0 Å². The van der Waals surface area contributed by atoms with Crippen LogP contribution in [0, 0.1) is 0 Å². The quantitative estimate of drug-likeness (QED) is 0.846. The molecule has 2 rings (SSSR count). The summed E-state index contributed by atoms with van der Waals surface area (Å²) >= 11 is 4.40. The Bertz CT molecular complexity index is 492. The third-order valence-corrected chi connectivity index (χ3v) is 3.17. The van der Waals surface area contributed by atoms with Gasteiger partial charge in [0.25, 0.3) is 0 Å². The average Bonchev–Trinajstić information content (AvgIpc) is 2.68. The molecular weight excluding hydrogens is 278 g/mol. The molecule has 1 aromatic carbocycles. The highest BCUT2D eigenvalue weighted by Gasteiger charge is 2.04. The van der Waals surface area contributed by atoms with Crippen molar-refractivity contribution in [3.63, 3.8) is 0 Å². The van der Waals surface area contributed by atoms with E-state index in [0.29, 0.717) is 5.69 Å². The zero-order valence-corrected chi connectivity index (χ0v) is 9.84. The number of carbonyl (C=O) groups is 1. The number of rotatable bonds is 2. The van der Waals surface area contributed by atoms with Gasteiger partial charge in [-0.25, -0.2) is 4.98 Å². The summed E-state index contributed by atoms with van der Waals surface area (Å²) in [6.45, 7) is 0. The van der Waals surface area contributed by atoms with Crippen molar-refractivity contribution < 1.29 is 9.90 Å². The topological polar surface area (TPSA) is 53.0 Å². The van der Waals surface area contributed by atoms with Gasteiger partial charge in [0.15, 0.2) is 0 Å². The molecule has 0 amide bonds. The highest BCUT2D eigenvalue weighted by atomic mass is 79.9. The maximum atomic E-state index is 10.5. The Balaban J connectivity index is 2.37. The molecule has 0 fully saturated rings. The fourth-order valence-electron chi connectivity index (χ4n) is 1.12. The fraction of sp³-hybridized carbons (Fsp3) is 0. The molecule has 5 heteroatoms. The van der Waals surface area contributed by atoms with Crippen LogP contribution in [0.25, 0.3) is 11.3 Å². The molecule has 0 atom stereocenters. The van der Waals surface area contributed by atoms with E-state index in [1.54, 1.807) is 5.38 Å². The molecule has 1 aromatic heterocycles. The monoisotopic (exact) mass is 282 g/mol. The van der Waals surface area contributed by atoms with Crippen LogP contribution in [0.1, 0.15) is 9.80 Å². The summed E-state index contributed by atoms with van der Waals surface area (Å²) in [5.74, 6) is -1.23. The van der Waals surface area contributed by atoms with Crippen LogP contribution in [-0.4, -0.2) is 11.0 Å². The van der Waals surface area contributed by atoms with Crippen molar-refractivity contribution in [1.82, 2.24) is 4.98 Å². The number of benzene rings is 1. The lowest BCUT2D eigenvalue weighted by molar-refractivity contribution is -0.255. The molecule has 0 aliphatic heterocycles. The van der Waals surface area contributed by atoms with Gasteiger partial charge in [-0.1, -0.05) is 28.1 Å². The molecule has 0 spiro atoms. The maximum Gasteiger partial charge on any atom is 0.139 e. The second-order valence-electron chi connectivity index (χ2n) is 2.83. The number of hydrogen-bond acceptors (Lipinski definition) is 4. The van der Waals surface area contributed by atoms with E-state index in [2.05, 4.69) is 20.9 Å². The van der Waals surface area contributed by atoms with Gasteiger partial charge in [-0.15, -0.1) is 11.3 Å². The zero-order valence-electron chi connectivity index (χ0n) is 7.44. The van der Waals surface area contributed by atoms with Gasteiger partial charge in [0.2, 0.25) is 0 Å². The molecule has 0 bridgehead atoms. The van der Waals surface area contributed by atoms with E-state index < -0.39 is 5.97 Å². The van der Waals surface area contributed by atoms with Gasteiger partial charge in [-0.3, -0.25) is 0 Å². The number of aromatic carboxylic acids is 1. The lowest BCUT2D eigenvalue weighted by atomic mass is 10.2. The summed E-state index contributed by atoms with van der Waals surface area (Å²) in [5.41, 5.74) is 1.55. The summed E-state index contributed by atoms with van der Waals surface area (Å²) in [6.07, 6.45) is 0. The molecule has 76 valence electrons. The lowest BCUT2D eigenvalue weighted by Gasteiger charge is -1.96.